The topological polar surface area (TPSA) is 89.9 Å². The third-order valence-corrected chi connectivity index (χ3v) is 4.47. The first-order valence-corrected chi connectivity index (χ1v) is 7.25. The second kappa shape index (κ2) is 6.92. The minimum absolute atomic E-state index is 0.145. The third-order valence-electron chi connectivity index (χ3n) is 4.47. The Kier molecular flexibility index (Phi) is 5.80. The number of aliphatic carboxylic acids is 1. The number of aliphatic hydroxyl groups excluding tert-OH is 1. The Labute approximate surface area is 120 Å². The molecule has 0 aromatic carbocycles. The standard InChI is InChI=1S/C14H26N2O4/c1-4-14(5-2,12(18)19)9-15-13(20)16(3)8-10-6-11(17)7-10/h10-11,17H,4-9H2,1-3H3,(H,15,20)(H,18,19). The van der Waals surface area contributed by atoms with Crippen LogP contribution in [0, 0.1) is 11.3 Å². The molecule has 6 heteroatoms. The van der Waals surface area contributed by atoms with E-state index in [4.69, 9.17) is 0 Å². The number of carbonyl (C=O) groups is 2. The molecule has 0 radical (unpaired) electrons. The maximum atomic E-state index is 12.0. The predicted octanol–water partition coefficient (Wildman–Crippen LogP) is 1.29. The van der Waals surface area contributed by atoms with Gasteiger partial charge in [-0.2, -0.15) is 0 Å². The van der Waals surface area contributed by atoms with Crippen LogP contribution in [0.5, 0.6) is 0 Å². The smallest absolute Gasteiger partial charge is 0.317 e. The number of urea groups is 1. The summed E-state index contributed by atoms with van der Waals surface area (Å²) in [7, 11) is 1.69. The van der Waals surface area contributed by atoms with E-state index < -0.39 is 11.4 Å². The molecule has 116 valence electrons. The van der Waals surface area contributed by atoms with Gasteiger partial charge in [-0.1, -0.05) is 13.8 Å². The average Bonchev–Trinajstić information content (AvgIpc) is 2.37. The number of carbonyl (C=O) groups excluding carboxylic acids is 1. The van der Waals surface area contributed by atoms with Gasteiger partial charge in [0.1, 0.15) is 0 Å². The number of carboxylic acids is 1. The van der Waals surface area contributed by atoms with Crippen molar-refractivity contribution in [2.75, 3.05) is 20.1 Å². The van der Waals surface area contributed by atoms with E-state index in [0.29, 0.717) is 25.3 Å². The van der Waals surface area contributed by atoms with Gasteiger partial charge in [0, 0.05) is 20.1 Å². The van der Waals surface area contributed by atoms with Crippen LogP contribution >= 0.6 is 0 Å². The summed E-state index contributed by atoms with van der Waals surface area (Å²) in [5, 5.41) is 21.2. The molecule has 20 heavy (non-hydrogen) atoms. The van der Waals surface area contributed by atoms with E-state index in [0.717, 1.165) is 12.8 Å². The summed E-state index contributed by atoms with van der Waals surface area (Å²) < 4.78 is 0. The SMILES string of the molecule is CCC(CC)(CNC(=O)N(C)CC1CC(O)C1)C(=O)O. The highest BCUT2D eigenvalue weighted by Gasteiger charge is 2.35. The zero-order valence-corrected chi connectivity index (χ0v) is 12.6. The van der Waals surface area contributed by atoms with Crippen molar-refractivity contribution in [2.24, 2.45) is 11.3 Å². The van der Waals surface area contributed by atoms with Crippen LogP contribution in [0.3, 0.4) is 0 Å². The monoisotopic (exact) mass is 286 g/mol. The second-order valence-electron chi connectivity index (χ2n) is 5.82. The Morgan fingerprint density at radius 2 is 1.85 bits per heavy atom. The summed E-state index contributed by atoms with van der Waals surface area (Å²) in [6.07, 6.45) is 2.22. The molecule has 1 saturated carbocycles. The largest absolute Gasteiger partial charge is 0.481 e. The van der Waals surface area contributed by atoms with Gasteiger partial charge >= 0.3 is 12.0 Å². The summed E-state index contributed by atoms with van der Waals surface area (Å²) in [6.45, 7) is 4.39. The molecule has 3 N–H and O–H groups in total. The number of hydrogen-bond donors (Lipinski definition) is 3. The van der Waals surface area contributed by atoms with Crippen molar-refractivity contribution in [3.05, 3.63) is 0 Å². The summed E-state index contributed by atoms with van der Waals surface area (Å²) in [6, 6.07) is -0.251. The zero-order chi connectivity index (χ0) is 15.3. The highest BCUT2D eigenvalue weighted by molar-refractivity contribution is 5.78. The molecular weight excluding hydrogens is 260 g/mol. The van der Waals surface area contributed by atoms with Gasteiger partial charge in [0.15, 0.2) is 0 Å². The first-order chi connectivity index (χ1) is 9.34. The molecule has 2 amide bonds. The van der Waals surface area contributed by atoms with Crippen molar-refractivity contribution in [3.8, 4) is 0 Å². The van der Waals surface area contributed by atoms with E-state index in [1.165, 1.54) is 0 Å². The fourth-order valence-corrected chi connectivity index (χ4v) is 2.58. The van der Waals surface area contributed by atoms with Crippen molar-refractivity contribution >= 4 is 12.0 Å². The van der Waals surface area contributed by atoms with E-state index in [1.807, 2.05) is 13.8 Å². The number of hydrogen-bond acceptors (Lipinski definition) is 3. The third kappa shape index (κ3) is 3.85. The normalized spacial score (nSPS) is 22.0. The quantitative estimate of drug-likeness (QED) is 0.658. The Bertz CT molecular complexity index is 349. The first-order valence-electron chi connectivity index (χ1n) is 7.25. The van der Waals surface area contributed by atoms with Crippen LogP contribution in [0.15, 0.2) is 0 Å². The van der Waals surface area contributed by atoms with Gasteiger partial charge in [-0.25, -0.2) is 4.79 Å². The number of rotatable bonds is 7. The molecular formula is C14H26N2O4. The van der Waals surface area contributed by atoms with Crippen LogP contribution < -0.4 is 5.32 Å². The van der Waals surface area contributed by atoms with E-state index in [-0.39, 0.29) is 18.7 Å². The van der Waals surface area contributed by atoms with E-state index >= 15 is 0 Å². The number of nitrogens with one attached hydrogen (secondary N) is 1. The molecule has 0 heterocycles. The molecule has 1 aliphatic rings. The molecule has 0 aromatic rings. The maximum absolute atomic E-state index is 12.0. The highest BCUT2D eigenvalue weighted by Crippen LogP contribution is 2.28. The molecule has 6 nitrogen and oxygen atoms in total. The Balaban J connectivity index is 2.42. The fourth-order valence-electron chi connectivity index (χ4n) is 2.58. The summed E-state index contributed by atoms with van der Waals surface area (Å²) >= 11 is 0. The Morgan fingerprint density at radius 1 is 1.30 bits per heavy atom. The van der Waals surface area contributed by atoms with Gasteiger partial charge in [0.2, 0.25) is 0 Å². The van der Waals surface area contributed by atoms with Crippen LogP contribution in [-0.2, 0) is 4.79 Å². The molecule has 1 aliphatic carbocycles. The van der Waals surface area contributed by atoms with Crippen molar-refractivity contribution in [3.63, 3.8) is 0 Å². The molecule has 0 aliphatic heterocycles. The minimum Gasteiger partial charge on any atom is -0.481 e. The van der Waals surface area contributed by atoms with Gasteiger partial charge in [-0.3, -0.25) is 4.79 Å². The zero-order valence-electron chi connectivity index (χ0n) is 12.6. The Morgan fingerprint density at radius 3 is 2.25 bits per heavy atom. The van der Waals surface area contributed by atoms with Crippen molar-refractivity contribution in [1.29, 1.82) is 0 Å². The molecule has 0 atom stereocenters. The summed E-state index contributed by atoms with van der Waals surface area (Å²) in [5.41, 5.74) is -0.886. The molecule has 0 bridgehead atoms. The van der Waals surface area contributed by atoms with Crippen LogP contribution in [0.4, 0.5) is 4.79 Å². The van der Waals surface area contributed by atoms with Gasteiger partial charge in [0.05, 0.1) is 11.5 Å². The molecule has 0 spiro atoms. The van der Waals surface area contributed by atoms with Crippen molar-refractivity contribution in [1.82, 2.24) is 10.2 Å². The lowest BCUT2D eigenvalue weighted by Gasteiger charge is -2.35. The molecule has 0 saturated heterocycles. The lowest BCUT2D eigenvalue weighted by atomic mass is 9.82. The van der Waals surface area contributed by atoms with Crippen molar-refractivity contribution in [2.45, 2.75) is 45.6 Å². The number of nitrogens with zero attached hydrogens (tertiary/aromatic N) is 1. The van der Waals surface area contributed by atoms with Gasteiger partial charge < -0.3 is 20.4 Å². The lowest BCUT2D eigenvalue weighted by molar-refractivity contribution is -0.149. The molecule has 0 aromatic heterocycles. The second-order valence-corrected chi connectivity index (χ2v) is 5.82. The summed E-state index contributed by atoms with van der Waals surface area (Å²) in [4.78, 5) is 24.9. The molecule has 0 unspecified atom stereocenters. The minimum atomic E-state index is -0.886. The maximum Gasteiger partial charge on any atom is 0.317 e. The van der Waals surface area contributed by atoms with Crippen LogP contribution in [0.1, 0.15) is 39.5 Å². The lowest BCUT2D eigenvalue weighted by Crippen LogP contribution is -2.48. The van der Waals surface area contributed by atoms with Gasteiger partial charge in [0.25, 0.3) is 0 Å². The molecule has 1 fully saturated rings. The van der Waals surface area contributed by atoms with Crippen molar-refractivity contribution < 1.29 is 19.8 Å². The Hall–Kier alpha value is -1.30. The highest BCUT2D eigenvalue weighted by atomic mass is 16.4. The number of aliphatic hydroxyl groups is 1. The summed E-state index contributed by atoms with van der Waals surface area (Å²) in [5.74, 6) is -0.519. The predicted molar refractivity (Wildman–Crippen MR) is 75.4 cm³/mol. The van der Waals surface area contributed by atoms with Crippen LogP contribution in [-0.4, -0.2) is 53.4 Å². The average molecular weight is 286 g/mol. The van der Waals surface area contributed by atoms with Crippen LogP contribution in [0.25, 0.3) is 0 Å². The van der Waals surface area contributed by atoms with E-state index in [1.54, 1.807) is 11.9 Å². The number of carboxylic acid groups (broad SMARTS) is 1. The van der Waals surface area contributed by atoms with Crippen LogP contribution in [0.2, 0.25) is 0 Å². The van der Waals surface area contributed by atoms with E-state index in [9.17, 15) is 19.8 Å². The van der Waals surface area contributed by atoms with E-state index in [2.05, 4.69) is 5.32 Å². The van der Waals surface area contributed by atoms with Gasteiger partial charge in [-0.05, 0) is 31.6 Å². The fraction of sp³-hybridized carbons (Fsp3) is 0.857. The van der Waals surface area contributed by atoms with Gasteiger partial charge in [-0.15, -0.1) is 0 Å². The molecule has 1 rings (SSSR count). The number of amides is 2. The first kappa shape index (κ1) is 16.8.